The molecule has 0 spiro atoms. The van der Waals surface area contributed by atoms with Crippen molar-refractivity contribution in [1.82, 2.24) is 9.78 Å². The van der Waals surface area contributed by atoms with Crippen molar-refractivity contribution in [2.75, 3.05) is 0 Å². The summed E-state index contributed by atoms with van der Waals surface area (Å²) < 4.78 is 1.59. The van der Waals surface area contributed by atoms with Gasteiger partial charge in [0.25, 0.3) is 5.91 Å². The van der Waals surface area contributed by atoms with E-state index in [2.05, 4.69) is 12.0 Å². The zero-order chi connectivity index (χ0) is 10.1. The Kier molecular flexibility index (Phi) is 1.14. The van der Waals surface area contributed by atoms with Crippen LogP contribution in [0.4, 0.5) is 0 Å². The third-order valence-corrected chi connectivity index (χ3v) is 3.90. The van der Waals surface area contributed by atoms with E-state index in [9.17, 15) is 4.79 Å². The van der Waals surface area contributed by atoms with Crippen LogP contribution in [0.5, 0.6) is 0 Å². The van der Waals surface area contributed by atoms with E-state index in [4.69, 9.17) is 0 Å². The van der Waals surface area contributed by atoms with Gasteiger partial charge in [0.15, 0.2) is 0 Å². The van der Waals surface area contributed by atoms with E-state index in [-0.39, 0.29) is 11.3 Å². The fraction of sp³-hybridized carbons (Fsp3) is 0.636. The van der Waals surface area contributed by atoms with Crippen LogP contribution in [0.15, 0.2) is 6.07 Å². The van der Waals surface area contributed by atoms with Crippen LogP contribution in [-0.2, 0) is 0 Å². The van der Waals surface area contributed by atoms with Crippen molar-refractivity contribution in [2.24, 2.45) is 10.8 Å². The summed E-state index contributed by atoms with van der Waals surface area (Å²) in [6.07, 6.45) is 2.13. The summed E-state index contributed by atoms with van der Waals surface area (Å²) in [6.45, 7) is 6.06. The molecule has 2 fully saturated rings. The Bertz CT molecular complexity index is 438. The summed E-state index contributed by atoms with van der Waals surface area (Å²) >= 11 is 0. The second-order valence-corrected chi connectivity index (χ2v) is 5.14. The molecule has 0 amide bonds. The maximum atomic E-state index is 12.1. The van der Waals surface area contributed by atoms with Crippen molar-refractivity contribution in [3.63, 3.8) is 0 Å². The lowest BCUT2D eigenvalue weighted by atomic mass is 10.2. The zero-order valence-electron chi connectivity index (χ0n) is 8.79. The van der Waals surface area contributed by atoms with Gasteiger partial charge in [-0.1, -0.05) is 6.92 Å². The topological polar surface area (TPSA) is 34.9 Å². The third kappa shape index (κ3) is 0.740. The highest BCUT2D eigenvalue weighted by molar-refractivity contribution is 5.93. The highest BCUT2D eigenvalue weighted by Gasteiger charge is 2.84. The van der Waals surface area contributed by atoms with Gasteiger partial charge in [0.05, 0.1) is 11.1 Å². The minimum Gasteiger partial charge on any atom is -0.272 e. The van der Waals surface area contributed by atoms with Crippen LogP contribution < -0.4 is 0 Å². The number of hydrogen-bond acceptors (Lipinski definition) is 2. The molecule has 1 aromatic rings. The van der Waals surface area contributed by atoms with E-state index in [0.717, 1.165) is 24.2 Å². The van der Waals surface area contributed by atoms with Gasteiger partial charge in [0, 0.05) is 5.69 Å². The fourth-order valence-electron chi connectivity index (χ4n) is 2.64. The number of fused-ring (bicyclic) bond motifs is 1. The first-order chi connectivity index (χ1) is 6.48. The zero-order valence-corrected chi connectivity index (χ0v) is 8.79. The molecule has 0 N–H and O–H groups in total. The van der Waals surface area contributed by atoms with Crippen LogP contribution in [0.2, 0.25) is 0 Å². The monoisotopic (exact) mass is 190 g/mol. The number of aryl methyl sites for hydroxylation is 2. The smallest absolute Gasteiger partial charge is 0.253 e. The maximum absolute atomic E-state index is 12.1. The minimum absolute atomic E-state index is 0.0176. The van der Waals surface area contributed by atoms with Crippen LogP contribution in [-0.4, -0.2) is 15.7 Å². The van der Waals surface area contributed by atoms with Crippen LogP contribution in [0, 0.1) is 24.7 Å². The number of rotatable bonds is 1. The molecule has 14 heavy (non-hydrogen) atoms. The molecule has 3 heteroatoms. The number of carbonyl (C=O) groups excluding carboxylic acids is 1. The van der Waals surface area contributed by atoms with Gasteiger partial charge >= 0.3 is 0 Å². The quantitative estimate of drug-likeness (QED) is 0.678. The van der Waals surface area contributed by atoms with Crippen LogP contribution in [0.25, 0.3) is 0 Å². The van der Waals surface area contributed by atoms with E-state index in [0.29, 0.717) is 5.41 Å². The van der Waals surface area contributed by atoms with E-state index >= 15 is 0 Å². The Morgan fingerprint density at radius 1 is 1.50 bits per heavy atom. The van der Waals surface area contributed by atoms with E-state index < -0.39 is 0 Å². The van der Waals surface area contributed by atoms with Crippen LogP contribution >= 0.6 is 0 Å². The van der Waals surface area contributed by atoms with Gasteiger partial charge in [-0.05, 0) is 38.2 Å². The molecule has 74 valence electrons. The first-order valence-corrected chi connectivity index (χ1v) is 5.07. The van der Waals surface area contributed by atoms with Gasteiger partial charge in [-0.3, -0.25) is 4.79 Å². The summed E-state index contributed by atoms with van der Waals surface area (Å²) in [5.41, 5.74) is 2.20. The van der Waals surface area contributed by atoms with Gasteiger partial charge in [0.1, 0.15) is 0 Å². The van der Waals surface area contributed by atoms with Crippen molar-refractivity contribution in [2.45, 2.75) is 33.6 Å². The fourth-order valence-corrected chi connectivity index (χ4v) is 2.64. The van der Waals surface area contributed by atoms with Gasteiger partial charge < -0.3 is 0 Å². The van der Waals surface area contributed by atoms with Crippen molar-refractivity contribution in [3.8, 4) is 0 Å². The molecule has 3 nitrogen and oxygen atoms in total. The molecule has 0 radical (unpaired) electrons. The van der Waals surface area contributed by atoms with Crippen molar-refractivity contribution in [1.29, 1.82) is 0 Å². The average Bonchev–Trinajstić information content (AvgIpc) is 2.77. The summed E-state index contributed by atoms with van der Waals surface area (Å²) in [4.78, 5) is 12.1. The van der Waals surface area contributed by atoms with Crippen molar-refractivity contribution < 1.29 is 4.79 Å². The summed E-state index contributed by atoms with van der Waals surface area (Å²) in [7, 11) is 0. The average molecular weight is 190 g/mol. The minimum atomic E-state index is -0.0176. The molecule has 0 bridgehead atoms. The molecular weight excluding hydrogens is 176 g/mol. The standard InChI is InChI=1S/C11H14N2O/c1-7-4-8(2)13(12-7)9(14)11-5-10(11,3)6-11/h4H,5-6H2,1-3H3. The maximum Gasteiger partial charge on any atom is 0.253 e. The number of nitrogens with zero attached hydrogens (tertiary/aromatic N) is 2. The first kappa shape index (κ1) is 8.21. The molecule has 2 saturated carbocycles. The molecular formula is C11H14N2O. The third-order valence-electron chi connectivity index (χ3n) is 3.90. The Morgan fingerprint density at radius 2 is 2.07 bits per heavy atom. The van der Waals surface area contributed by atoms with Crippen LogP contribution in [0.1, 0.15) is 35.9 Å². The number of hydrogen-bond donors (Lipinski definition) is 0. The molecule has 0 saturated heterocycles. The lowest BCUT2D eigenvalue weighted by Crippen LogP contribution is -2.19. The van der Waals surface area contributed by atoms with Gasteiger partial charge in [-0.15, -0.1) is 0 Å². The van der Waals surface area contributed by atoms with E-state index in [1.54, 1.807) is 4.68 Å². The summed E-state index contributed by atoms with van der Waals surface area (Å²) in [5, 5.41) is 4.24. The second kappa shape index (κ2) is 1.95. The molecule has 2 aliphatic rings. The normalized spacial score (nSPS) is 37.9. The lowest BCUT2D eigenvalue weighted by molar-refractivity contribution is 0.0831. The van der Waals surface area contributed by atoms with Gasteiger partial charge in [-0.2, -0.15) is 5.10 Å². The first-order valence-electron chi connectivity index (χ1n) is 5.07. The lowest BCUT2D eigenvalue weighted by Gasteiger charge is -2.03. The summed E-state index contributed by atoms with van der Waals surface area (Å²) in [5.74, 6) is 0.214. The Balaban J connectivity index is 1.97. The Morgan fingerprint density at radius 3 is 2.43 bits per heavy atom. The highest BCUT2D eigenvalue weighted by atomic mass is 16.2. The second-order valence-electron chi connectivity index (χ2n) is 5.14. The molecule has 0 atom stereocenters. The molecule has 1 heterocycles. The van der Waals surface area contributed by atoms with Crippen molar-refractivity contribution in [3.05, 3.63) is 17.5 Å². The number of aromatic nitrogens is 2. The molecule has 3 rings (SSSR count). The predicted octanol–water partition coefficient (Wildman–Crippen LogP) is 1.94. The Hall–Kier alpha value is -1.12. The Labute approximate surface area is 83.1 Å². The molecule has 2 aliphatic carbocycles. The number of carbonyl (C=O) groups is 1. The summed E-state index contributed by atoms with van der Waals surface area (Å²) in [6, 6.07) is 1.95. The van der Waals surface area contributed by atoms with E-state index in [1.807, 2.05) is 19.9 Å². The molecule has 0 unspecified atom stereocenters. The molecule has 0 aliphatic heterocycles. The highest BCUT2D eigenvalue weighted by Crippen LogP contribution is 2.86. The van der Waals surface area contributed by atoms with Gasteiger partial charge in [-0.25, -0.2) is 4.68 Å². The van der Waals surface area contributed by atoms with Crippen molar-refractivity contribution >= 4 is 5.91 Å². The molecule has 1 aromatic heterocycles. The van der Waals surface area contributed by atoms with Crippen LogP contribution in [0.3, 0.4) is 0 Å². The predicted molar refractivity (Wildman–Crippen MR) is 52.1 cm³/mol. The van der Waals surface area contributed by atoms with Gasteiger partial charge in [0.2, 0.25) is 0 Å². The largest absolute Gasteiger partial charge is 0.272 e. The van der Waals surface area contributed by atoms with E-state index in [1.165, 1.54) is 0 Å². The molecule has 0 aromatic carbocycles. The SMILES string of the molecule is Cc1cc(C)n(C(=O)C23CC2(C)C3)n1.